The smallest absolute Gasteiger partial charge is 0.234 e. The first-order valence-corrected chi connectivity index (χ1v) is 10.6. The maximum Gasteiger partial charge on any atom is 0.234 e. The molecule has 0 saturated heterocycles. The number of nitrogens with zero attached hydrogens (tertiary/aromatic N) is 2. The normalized spacial score (nSPS) is 11.0. The van der Waals surface area contributed by atoms with Gasteiger partial charge in [-0.15, -0.1) is 10.2 Å². The van der Waals surface area contributed by atoms with Gasteiger partial charge in [0, 0.05) is 0 Å². The molecule has 3 rings (SSSR count). The Balaban J connectivity index is 1.61. The van der Waals surface area contributed by atoms with Crippen molar-refractivity contribution in [3.05, 3.63) is 72.3 Å². The number of para-hydroxylation sites is 2. The number of aryl methyl sites for hydroxylation is 1. The van der Waals surface area contributed by atoms with E-state index in [4.69, 9.17) is 4.74 Å². The molecule has 0 aliphatic heterocycles. The first-order chi connectivity index (χ1) is 13.6. The van der Waals surface area contributed by atoms with E-state index in [0.29, 0.717) is 24.6 Å². The molecule has 0 spiro atoms. The molecule has 0 radical (unpaired) electrons. The van der Waals surface area contributed by atoms with Crippen LogP contribution in [0.25, 0.3) is 0 Å². The van der Waals surface area contributed by atoms with Crippen molar-refractivity contribution in [3.63, 3.8) is 0 Å². The van der Waals surface area contributed by atoms with Crippen LogP contribution in [0.5, 0.6) is 5.75 Å². The quantitative estimate of drug-likeness (QED) is 0.572. The molecule has 2 aromatic carbocycles. The molecule has 2 N–H and O–H groups in total. The zero-order valence-electron chi connectivity index (χ0n) is 15.5. The first-order valence-electron chi connectivity index (χ1n) is 8.93. The van der Waals surface area contributed by atoms with Gasteiger partial charge in [0.2, 0.25) is 10.0 Å². The second-order valence-corrected chi connectivity index (χ2v) is 7.86. The van der Waals surface area contributed by atoms with Crippen LogP contribution in [0, 0.1) is 0 Å². The molecule has 0 aliphatic rings. The first kappa shape index (κ1) is 19.6. The van der Waals surface area contributed by atoms with E-state index in [0.717, 1.165) is 11.3 Å². The van der Waals surface area contributed by atoms with Gasteiger partial charge < -0.3 is 10.1 Å². The van der Waals surface area contributed by atoms with Crippen molar-refractivity contribution in [3.8, 4) is 5.75 Å². The Labute approximate surface area is 164 Å². The molecule has 3 aromatic rings. The van der Waals surface area contributed by atoms with E-state index in [2.05, 4.69) is 20.2 Å². The molecule has 7 nitrogen and oxygen atoms in total. The highest BCUT2D eigenvalue weighted by atomic mass is 32.2. The van der Waals surface area contributed by atoms with Crippen molar-refractivity contribution in [2.24, 2.45) is 0 Å². The number of hydrogen-bond acceptors (Lipinski definition) is 6. The van der Waals surface area contributed by atoms with Crippen LogP contribution in [0.1, 0.15) is 12.5 Å². The Bertz CT molecular complexity index is 993. The highest BCUT2D eigenvalue weighted by molar-refractivity contribution is 7.92. The van der Waals surface area contributed by atoms with E-state index >= 15 is 0 Å². The van der Waals surface area contributed by atoms with Crippen LogP contribution >= 0.6 is 0 Å². The summed E-state index contributed by atoms with van der Waals surface area (Å²) in [7, 11) is -3.51. The van der Waals surface area contributed by atoms with Gasteiger partial charge in [-0.3, -0.25) is 4.72 Å². The van der Waals surface area contributed by atoms with Crippen molar-refractivity contribution >= 4 is 27.3 Å². The third kappa shape index (κ3) is 5.68. The van der Waals surface area contributed by atoms with Crippen molar-refractivity contribution in [1.82, 2.24) is 10.2 Å². The summed E-state index contributed by atoms with van der Waals surface area (Å²) in [6.07, 6.45) is 0.428. The molecule has 28 heavy (non-hydrogen) atoms. The number of ether oxygens (including phenoxy) is 1. The predicted molar refractivity (Wildman–Crippen MR) is 110 cm³/mol. The lowest BCUT2D eigenvalue weighted by Gasteiger charge is -2.11. The SMILES string of the molecule is CCOc1ccccc1Nc1ccc(NS(=O)(=O)CCc2ccccc2)nn1. The summed E-state index contributed by atoms with van der Waals surface area (Å²) in [6.45, 7) is 2.46. The van der Waals surface area contributed by atoms with Gasteiger partial charge in [0.15, 0.2) is 11.6 Å². The van der Waals surface area contributed by atoms with E-state index in [-0.39, 0.29) is 11.6 Å². The molecule has 0 unspecified atom stereocenters. The molecule has 8 heteroatoms. The van der Waals surface area contributed by atoms with E-state index < -0.39 is 10.0 Å². The molecular formula is C20H22N4O3S. The maximum atomic E-state index is 12.3. The Morgan fingerprint density at radius 1 is 0.893 bits per heavy atom. The second-order valence-electron chi connectivity index (χ2n) is 6.01. The molecule has 1 heterocycles. The Morgan fingerprint density at radius 3 is 2.29 bits per heavy atom. The van der Waals surface area contributed by atoms with E-state index in [1.54, 1.807) is 12.1 Å². The second kappa shape index (κ2) is 9.18. The van der Waals surface area contributed by atoms with Crippen LogP contribution in [-0.2, 0) is 16.4 Å². The monoisotopic (exact) mass is 398 g/mol. The van der Waals surface area contributed by atoms with Gasteiger partial charge in [0.25, 0.3) is 0 Å². The van der Waals surface area contributed by atoms with Crippen molar-refractivity contribution < 1.29 is 13.2 Å². The summed E-state index contributed by atoms with van der Waals surface area (Å²) in [5.74, 6) is 1.34. The Morgan fingerprint density at radius 2 is 1.57 bits per heavy atom. The maximum absolute atomic E-state index is 12.3. The Hall–Kier alpha value is -3.13. The van der Waals surface area contributed by atoms with Gasteiger partial charge >= 0.3 is 0 Å². The lowest BCUT2D eigenvalue weighted by molar-refractivity contribution is 0.342. The average molecular weight is 398 g/mol. The average Bonchev–Trinajstić information content (AvgIpc) is 2.70. The summed E-state index contributed by atoms with van der Waals surface area (Å²) in [5.41, 5.74) is 1.72. The highest BCUT2D eigenvalue weighted by Gasteiger charge is 2.12. The molecule has 0 bridgehead atoms. The third-order valence-electron chi connectivity index (χ3n) is 3.88. The van der Waals surface area contributed by atoms with Gasteiger partial charge in [-0.1, -0.05) is 42.5 Å². The minimum Gasteiger partial charge on any atom is -0.492 e. The Kier molecular flexibility index (Phi) is 6.44. The lowest BCUT2D eigenvalue weighted by Crippen LogP contribution is -2.19. The fraction of sp³-hybridized carbons (Fsp3) is 0.200. The fourth-order valence-electron chi connectivity index (χ4n) is 2.55. The standard InChI is InChI=1S/C20H22N4O3S/c1-2-27-18-11-7-6-10-17(18)21-19-12-13-20(23-22-19)24-28(25,26)15-14-16-8-4-3-5-9-16/h3-13H,2,14-15H2,1H3,(H,21,22)(H,23,24). The van der Waals surface area contributed by atoms with Crippen LogP contribution in [0.4, 0.5) is 17.3 Å². The van der Waals surface area contributed by atoms with E-state index in [9.17, 15) is 8.42 Å². The number of nitrogens with one attached hydrogen (secondary N) is 2. The number of anilines is 3. The van der Waals surface area contributed by atoms with E-state index in [1.165, 1.54) is 0 Å². The van der Waals surface area contributed by atoms with Crippen LogP contribution in [0.2, 0.25) is 0 Å². The predicted octanol–water partition coefficient (Wildman–Crippen LogP) is 3.60. The van der Waals surface area contributed by atoms with Crippen molar-refractivity contribution in [2.45, 2.75) is 13.3 Å². The van der Waals surface area contributed by atoms with Crippen LogP contribution in [0.3, 0.4) is 0 Å². The summed E-state index contributed by atoms with van der Waals surface area (Å²) >= 11 is 0. The van der Waals surface area contributed by atoms with Gasteiger partial charge in [0.1, 0.15) is 5.75 Å². The summed E-state index contributed by atoms with van der Waals surface area (Å²) in [6, 6.07) is 20.2. The van der Waals surface area contributed by atoms with Gasteiger partial charge in [-0.2, -0.15) is 0 Å². The lowest BCUT2D eigenvalue weighted by atomic mass is 10.2. The largest absolute Gasteiger partial charge is 0.492 e. The molecule has 1 aromatic heterocycles. The summed E-state index contributed by atoms with van der Waals surface area (Å²) in [5, 5.41) is 11.1. The van der Waals surface area contributed by atoms with Crippen LogP contribution in [-0.4, -0.2) is 31.0 Å². The number of rotatable bonds is 9. The molecule has 0 amide bonds. The van der Waals surface area contributed by atoms with Gasteiger partial charge in [-0.25, -0.2) is 8.42 Å². The van der Waals surface area contributed by atoms with Gasteiger partial charge in [-0.05, 0) is 43.2 Å². The van der Waals surface area contributed by atoms with Crippen LogP contribution in [0.15, 0.2) is 66.7 Å². The third-order valence-corrected chi connectivity index (χ3v) is 5.14. The van der Waals surface area contributed by atoms with Gasteiger partial charge in [0.05, 0.1) is 18.0 Å². The fourth-order valence-corrected chi connectivity index (χ4v) is 3.58. The number of benzene rings is 2. The molecule has 146 valence electrons. The molecule has 0 aliphatic carbocycles. The van der Waals surface area contributed by atoms with Crippen LogP contribution < -0.4 is 14.8 Å². The topological polar surface area (TPSA) is 93.2 Å². The minimum atomic E-state index is -3.51. The molecule has 0 saturated carbocycles. The number of aromatic nitrogens is 2. The highest BCUT2D eigenvalue weighted by Crippen LogP contribution is 2.26. The van der Waals surface area contributed by atoms with Crippen molar-refractivity contribution in [1.29, 1.82) is 0 Å². The number of sulfonamides is 1. The zero-order chi connectivity index (χ0) is 19.8. The summed E-state index contributed by atoms with van der Waals surface area (Å²) < 4.78 is 32.5. The molecule has 0 atom stereocenters. The minimum absolute atomic E-state index is 0.0274. The number of hydrogen-bond donors (Lipinski definition) is 2. The zero-order valence-corrected chi connectivity index (χ0v) is 16.3. The summed E-state index contributed by atoms with van der Waals surface area (Å²) in [4.78, 5) is 0. The molecular weight excluding hydrogens is 376 g/mol. The molecule has 0 fully saturated rings. The van der Waals surface area contributed by atoms with Crippen molar-refractivity contribution in [2.75, 3.05) is 22.4 Å². The van der Waals surface area contributed by atoms with E-state index in [1.807, 2.05) is 61.5 Å².